The van der Waals surface area contributed by atoms with Gasteiger partial charge in [0.15, 0.2) is 5.13 Å². The number of carboxylic acids is 1. The standard InChI is InChI=1S/C28H21ClF4N4O4S/c1-41-16-7-5-14(6-8-16)18-11-37(12-19(18)26(39)40)24-21(29)9-15(10-34-24)25(38)36-27-35-22(13-42-27)17-3-2-4-20(23(17)30)28(31,32)33/h2-10,13,18-19H,11-12H2,1H3,(H,39,40)(H,35,36,38)/t18-,19+/m0/s1. The fourth-order valence-electron chi connectivity index (χ4n) is 4.78. The third kappa shape index (κ3) is 5.88. The lowest BCUT2D eigenvalue weighted by Gasteiger charge is -2.19. The molecular formula is C28H21ClF4N4O4S. The molecule has 218 valence electrons. The monoisotopic (exact) mass is 620 g/mol. The van der Waals surface area contributed by atoms with Crippen molar-refractivity contribution in [3.63, 3.8) is 0 Å². The highest BCUT2D eigenvalue weighted by Crippen LogP contribution is 2.39. The van der Waals surface area contributed by atoms with Crippen LogP contribution in [0.4, 0.5) is 28.5 Å². The molecule has 1 aliphatic rings. The molecule has 42 heavy (non-hydrogen) atoms. The molecule has 1 saturated heterocycles. The minimum atomic E-state index is -4.87. The molecule has 2 aromatic heterocycles. The molecule has 0 spiro atoms. The molecule has 5 rings (SSSR count). The minimum Gasteiger partial charge on any atom is -0.497 e. The fraction of sp³-hybridized carbons (Fsp3) is 0.214. The highest BCUT2D eigenvalue weighted by atomic mass is 35.5. The summed E-state index contributed by atoms with van der Waals surface area (Å²) in [7, 11) is 1.54. The summed E-state index contributed by atoms with van der Waals surface area (Å²) in [5, 5.41) is 13.8. The second-order valence-corrected chi connectivity index (χ2v) is 10.7. The summed E-state index contributed by atoms with van der Waals surface area (Å²) in [6.07, 6.45) is -3.60. The first-order chi connectivity index (χ1) is 20.0. The van der Waals surface area contributed by atoms with Gasteiger partial charge in [0.1, 0.15) is 17.4 Å². The largest absolute Gasteiger partial charge is 0.497 e. The zero-order chi connectivity index (χ0) is 30.2. The van der Waals surface area contributed by atoms with Crippen molar-refractivity contribution in [2.24, 2.45) is 5.92 Å². The van der Waals surface area contributed by atoms with Crippen molar-refractivity contribution in [2.75, 3.05) is 30.4 Å². The van der Waals surface area contributed by atoms with E-state index >= 15 is 0 Å². The van der Waals surface area contributed by atoms with Gasteiger partial charge in [0.2, 0.25) is 0 Å². The summed E-state index contributed by atoms with van der Waals surface area (Å²) in [5.41, 5.74) is -0.952. The Morgan fingerprint density at radius 1 is 1.17 bits per heavy atom. The lowest BCUT2D eigenvalue weighted by molar-refractivity contribution is -0.141. The van der Waals surface area contributed by atoms with E-state index in [1.807, 2.05) is 12.1 Å². The van der Waals surface area contributed by atoms with Crippen LogP contribution in [0.15, 0.2) is 60.1 Å². The van der Waals surface area contributed by atoms with E-state index in [2.05, 4.69) is 15.3 Å². The fourth-order valence-corrected chi connectivity index (χ4v) is 5.77. The second-order valence-electron chi connectivity index (χ2n) is 9.42. The zero-order valence-electron chi connectivity index (χ0n) is 21.7. The summed E-state index contributed by atoms with van der Waals surface area (Å²) in [6, 6.07) is 11.4. The molecule has 2 aromatic carbocycles. The van der Waals surface area contributed by atoms with Gasteiger partial charge in [-0.3, -0.25) is 14.9 Å². The Bertz CT molecular complexity index is 1650. The summed E-state index contributed by atoms with van der Waals surface area (Å²) in [4.78, 5) is 35.0. The van der Waals surface area contributed by atoms with E-state index in [9.17, 15) is 32.3 Å². The van der Waals surface area contributed by atoms with Crippen molar-refractivity contribution in [1.82, 2.24) is 9.97 Å². The molecule has 0 aliphatic carbocycles. The molecule has 0 unspecified atom stereocenters. The lowest BCUT2D eigenvalue weighted by Crippen LogP contribution is -2.24. The van der Waals surface area contributed by atoms with E-state index in [4.69, 9.17) is 16.3 Å². The third-order valence-electron chi connectivity index (χ3n) is 6.87. The highest BCUT2D eigenvalue weighted by molar-refractivity contribution is 7.14. The predicted molar refractivity (Wildman–Crippen MR) is 149 cm³/mol. The molecule has 2 atom stereocenters. The molecule has 4 aromatic rings. The first kappa shape index (κ1) is 29.3. The van der Waals surface area contributed by atoms with Crippen molar-refractivity contribution in [3.05, 3.63) is 87.6 Å². The van der Waals surface area contributed by atoms with Crippen LogP contribution in [0.25, 0.3) is 11.3 Å². The van der Waals surface area contributed by atoms with E-state index in [-0.39, 0.29) is 39.4 Å². The minimum absolute atomic E-state index is 0.0261. The number of hydrogen-bond donors (Lipinski definition) is 2. The number of thiazole rings is 1. The summed E-state index contributed by atoms with van der Waals surface area (Å²) in [6.45, 7) is 0.480. The number of rotatable bonds is 7. The molecule has 1 fully saturated rings. The quantitative estimate of drug-likeness (QED) is 0.225. The van der Waals surface area contributed by atoms with E-state index in [0.717, 1.165) is 23.0 Å². The molecule has 0 radical (unpaired) electrons. The molecule has 14 heteroatoms. The molecule has 0 saturated carbocycles. The number of aliphatic carboxylic acids is 1. The number of benzene rings is 2. The van der Waals surface area contributed by atoms with E-state index in [1.54, 1.807) is 24.1 Å². The normalized spacial score (nSPS) is 16.9. The summed E-state index contributed by atoms with van der Waals surface area (Å²) >= 11 is 7.38. The third-order valence-corrected chi connectivity index (χ3v) is 7.91. The molecule has 0 bridgehead atoms. The Balaban J connectivity index is 1.31. The number of carboxylic acid groups (broad SMARTS) is 1. The van der Waals surface area contributed by atoms with Gasteiger partial charge in [-0.2, -0.15) is 13.2 Å². The number of methoxy groups -OCH3 is 1. The van der Waals surface area contributed by atoms with Crippen LogP contribution in [0, 0.1) is 11.7 Å². The van der Waals surface area contributed by atoms with Crippen LogP contribution in [-0.2, 0) is 11.0 Å². The van der Waals surface area contributed by atoms with Crippen molar-refractivity contribution >= 4 is 45.8 Å². The van der Waals surface area contributed by atoms with Crippen molar-refractivity contribution < 1.29 is 37.0 Å². The Kier molecular flexibility index (Phi) is 8.06. The average molecular weight is 621 g/mol. The number of ether oxygens (including phenoxy) is 1. The van der Waals surface area contributed by atoms with Gasteiger partial charge >= 0.3 is 12.1 Å². The van der Waals surface area contributed by atoms with Crippen LogP contribution in [0.1, 0.15) is 27.4 Å². The second kappa shape index (κ2) is 11.6. The number of alkyl halides is 3. The number of pyridine rings is 1. The maximum Gasteiger partial charge on any atom is 0.419 e. The van der Waals surface area contributed by atoms with Gasteiger partial charge in [-0.15, -0.1) is 11.3 Å². The number of nitrogens with one attached hydrogen (secondary N) is 1. The van der Waals surface area contributed by atoms with Crippen molar-refractivity contribution in [2.45, 2.75) is 12.1 Å². The maximum atomic E-state index is 14.5. The molecule has 1 aliphatic heterocycles. The number of carbonyl (C=O) groups excluding carboxylic acids is 1. The van der Waals surface area contributed by atoms with Gasteiger partial charge in [-0.05, 0) is 35.9 Å². The number of hydrogen-bond acceptors (Lipinski definition) is 7. The Morgan fingerprint density at radius 2 is 1.90 bits per heavy atom. The van der Waals surface area contributed by atoms with Crippen molar-refractivity contribution in [3.8, 4) is 17.0 Å². The smallest absolute Gasteiger partial charge is 0.419 e. The van der Waals surface area contributed by atoms with Crippen LogP contribution in [0.3, 0.4) is 0 Å². The molecule has 3 heterocycles. The summed E-state index contributed by atoms with van der Waals surface area (Å²) in [5.74, 6) is -3.17. The maximum absolute atomic E-state index is 14.5. The average Bonchev–Trinajstić information content (AvgIpc) is 3.60. The molecular weight excluding hydrogens is 600 g/mol. The van der Waals surface area contributed by atoms with Gasteiger partial charge in [0.05, 0.1) is 34.9 Å². The number of carbonyl (C=O) groups is 2. The van der Waals surface area contributed by atoms with Crippen LogP contribution < -0.4 is 15.0 Å². The number of anilines is 2. The Labute approximate surface area is 245 Å². The van der Waals surface area contributed by atoms with Crippen molar-refractivity contribution in [1.29, 1.82) is 0 Å². The van der Waals surface area contributed by atoms with Crippen LogP contribution in [0.5, 0.6) is 5.75 Å². The van der Waals surface area contributed by atoms with Crippen LogP contribution >= 0.6 is 22.9 Å². The number of aromatic nitrogens is 2. The lowest BCUT2D eigenvalue weighted by atomic mass is 9.89. The van der Waals surface area contributed by atoms with Gasteiger partial charge < -0.3 is 14.7 Å². The molecule has 8 nitrogen and oxygen atoms in total. The number of amides is 1. The van der Waals surface area contributed by atoms with E-state index in [1.165, 1.54) is 23.7 Å². The number of halogens is 5. The van der Waals surface area contributed by atoms with Gasteiger partial charge in [-0.25, -0.2) is 14.4 Å². The predicted octanol–water partition coefficient (Wildman–Crippen LogP) is 6.58. The topological polar surface area (TPSA) is 105 Å². The summed E-state index contributed by atoms with van der Waals surface area (Å²) < 4.78 is 58.9. The van der Waals surface area contributed by atoms with Gasteiger partial charge in [0, 0.05) is 36.1 Å². The van der Waals surface area contributed by atoms with Crippen LogP contribution in [0.2, 0.25) is 5.02 Å². The SMILES string of the molecule is COc1ccc([C@@H]2CN(c3ncc(C(=O)Nc4nc(-c5cccc(C(F)(F)F)c5F)cs4)cc3Cl)C[C@H]2C(=O)O)cc1. The highest BCUT2D eigenvalue weighted by Gasteiger charge is 2.40. The first-order valence-corrected chi connectivity index (χ1v) is 13.6. The van der Waals surface area contributed by atoms with Gasteiger partial charge in [-0.1, -0.05) is 29.8 Å². The van der Waals surface area contributed by atoms with E-state index in [0.29, 0.717) is 24.2 Å². The number of nitrogens with zero attached hydrogens (tertiary/aromatic N) is 3. The Hall–Kier alpha value is -4.23. The van der Waals surface area contributed by atoms with Gasteiger partial charge in [0.25, 0.3) is 5.91 Å². The zero-order valence-corrected chi connectivity index (χ0v) is 23.2. The van der Waals surface area contributed by atoms with E-state index < -0.39 is 35.4 Å². The molecule has 1 amide bonds. The van der Waals surface area contributed by atoms with Crippen LogP contribution in [-0.4, -0.2) is 47.2 Å². The molecule has 2 N–H and O–H groups in total. The first-order valence-electron chi connectivity index (χ1n) is 12.4. The Morgan fingerprint density at radius 3 is 2.55 bits per heavy atom.